The molecule has 5 heteroatoms. The molecular weight excluding hydrogens is 198 g/mol. The summed E-state index contributed by atoms with van der Waals surface area (Å²) in [7, 11) is 0. The second kappa shape index (κ2) is 5.98. The van der Waals surface area contributed by atoms with Crippen LogP contribution in [0.5, 0.6) is 0 Å². The molecule has 1 aromatic rings. The van der Waals surface area contributed by atoms with Crippen molar-refractivity contribution in [1.29, 1.82) is 0 Å². The van der Waals surface area contributed by atoms with Crippen LogP contribution >= 0.6 is 0 Å². The van der Waals surface area contributed by atoms with Gasteiger partial charge in [0.15, 0.2) is 11.5 Å². The van der Waals surface area contributed by atoms with Gasteiger partial charge < -0.3 is 14.4 Å². The van der Waals surface area contributed by atoms with Gasteiger partial charge in [0.25, 0.3) is 0 Å². The number of unbranched alkanes of at least 4 members (excludes halogenated alkanes) is 1. The molecule has 0 spiro atoms. The van der Waals surface area contributed by atoms with Crippen LogP contribution in [0.15, 0.2) is 23.2 Å². The van der Waals surface area contributed by atoms with E-state index in [2.05, 4.69) is 11.7 Å². The second-order valence-corrected chi connectivity index (χ2v) is 2.97. The van der Waals surface area contributed by atoms with E-state index < -0.39 is 5.97 Å². The van der Waals surface area contributed by atoms with E-state index in [9.17, 15) is 4.79 Å². The quantitative estimate of drug-likeness (QED) is 0.550. The molecule has 0 atom stereocenters. The Hall–Kier alpha value is -1.62. The number of hydrogen-bond acceptors (Lipinski definition) is 4. The third-order valence-corrected chi connectivity index (χ3v) is 1.72. The first-order valence-corrected chi connectivity index (χ1v) is 4.61. The molecule has 0 fully saturated rings. The minimum absolute atomic E-state index is 0.0975. The smallest absolute Gasteiger partial charge is 0.358 e. The molecule has 0 unspecified atom stereocenters. The molecule has 82 valence electrons. The molecule has 0 amide bonds. The van der Waals surface area contributed by atoms with Crippen molar-refractivity contribution < 1.29 is 19.2 Å². The topological polar surface area (TPSA) is 72.6 Å². The third-order valence-electron chi connectivity index (χ3n) is 1.72. The van der Waals surface area contributed by atoms with E-state index in [-0.39, 0.29) is 12.3 Å². The number of carboxylic acid groups (broad SMARTS) is 1. The number of allylic oxidation sites excluding steroid dienone is 1. The SMILES string of the molecule is C=CCCCOCc1cc(C(=O)O)no1. The molecule has 1 rings (SSSR count). The fourth-order valence-corrected chi connectivity index (χ4v) is 0.984. The van der Waals surface area contributed by atoms with Crippen LogP contribution in [-0.2, 0) is 11.3 Å². The maximum atomic E-state index is 10.5. The first-order chi connectivity index (χ1) is 7.24. The lowest BCUT2D eigenvalue weighted by molar-refractivity contribution is 0.0684. The molecular formula is C10H13NO4. The Morgan fingerprint density at radius 1 is 1.73 bits per heavy atom. The zero-order valence-electron chi connectivity index (χ0n) is 8.31. The number of hydrogen-bond donors (Lipinski definition) is 1. The summed E-state index contributed by atoms with van der Waals surface area (Å²) in [6.07, 6.45) is 3.61. The van der Waals surface area contributed by atoms with E-state index in [1.54, 1.807) is 0 Å². The van der Waals surface area contributed by atoms with Crippen molar-refractivity contribution in [2.45, 2.75) is 19.4 Å². The van der Waals surface area contributed by atoms with Crippen LogP contribution in [-0.4, -0.2) is 22.8 Å². The monoisotopic (exact) mass is 211 g/mol. The Labute approximate surface area is 87.3 Å². The number of aromatic nitrogens is 1. The predicted molar refractivity (Wildman–Crippen MR) is 52.5 cm³/mol. The Morgan fingerprint density at radius 3 is 3.13 bits per heavy atom. The van der Waals surface area contributed by atoms with Crippen LogP contribution in [0.25, 0.3) is 0 Å². The Bertz CT molecular complexity index is 332. The predicted octanol–water partition coefficient (Wildman–Crippen LogP) is 1.86. The van der Waals surface area contributed by atoms with Gasteiger partial charge in [0.2, 0.25) is 0 Å². The van der Waals surface area contributed by atoms with Crippen molar-refractivity contribution in [3.05, 3.63) is 30.2 Å². The molecule has 0 aliphatic rings. The van der Waals surface area contributed by atoms with Gasteiger partial charge in [-0.3, -0.25) is 0 Å². The second-order valence-electron chi connectivity index (χ2n) is 2.97. The standard InChI is InChI=1S/C10H13NO4/c1-2-3-4-5-14-7-8-6-9(10(12)13)11-15-8/h2,6H,1,3-5,7H2,(H,12,13). The highest BCUT2D eigenvalue weighted by Gasteiger charge is 2.10. The molecule has 0 saturated carbocycles. The molecule has 0 aliphatic heterocycles. The van der Waals surface area contributed by atoms with Crippen molar-refractivity contribution in [3.8, 4) is 0 Å². The molecule has 0 aromatic carbocycles. The number of aromatic carboxylic acids is 1. The van der Waals surface area contributed by atoms with Gasteiger partial charge in [-0.2, -0.15) is 0 Å². The third kappa shape index (κ3) is 3.95. The number of carbonyl (C=O) groups is 1. The molecule has 1 heterocycles. The summed E-state index contributed by atoms with van der Waals surface area (Å²) in [5.41, 5.74) is -0.0975. The lowest BCUT2D eigenvalue weighted by atomic mass is 10.3. The minimum Gasteiger partial charge on any atom is -0.476 e. The molecule has 0 radical (unpaired) electrons. The van der Waals surface area contributed by atoms with Gasteiger partial charge in [-0.05, 0) is 12.8 Å². The summed E-state index contributed by atoms with van der Waals surface area (Å²) < 4.78 is 10.00. The van der Waals surface area contributed by atoms with Crippen molar-refractivity contribution in [2.24, 2.45) is 0 Å². The molecule has 1 N–H and O–H groups in total. The summed E-state index contributed by atoms with van der Waals surface area (Å²) in [6.45, 7) is 4.43. The largest absolute Gasteiger partial charge is 0.476 e. The molecule has 0 bridgehead atoms. The molecule has 0 saturated heterocycles. The van der Waals surface area contributed by atoms with Crippen LogP contribution < -0.4 is 0 Å². The van der Waals surface area contributed by atoms with E-state index in [1.807, 2.05) is 6.08 Å². The average molecular weight is 211 g/mol. The van der Waals surface area contributed by atoms with Crippen LogP contribution in [0.1, 0.15) is 29.1 Å². The van der Waals surface area contributed by atoms with E-state index in [0.717, 1.165) is 12.8 Å². The number of nitrogens with zero attached hydrogens (tertiary/aromatic N) is 1. The van der Waals surface area contributed by atoms with E-state index in [4.69, 9.17) is 14.4 Å². The number of carboxylic acids is 1. The van der Waals surface area contributed by atoms with E-state index >= 15 is 0 Å². The maximum Gasteiger partial charge on any atom is 0.358 e. The molecule has 1 aromatic heterocycles. The number of rotatable bonds is 7. The average Bonchev–Trinajstić information content (AvgIpc) is 2.66. The summed E-state index contributed by atoms with van der Waals surface area (Å²) in [5.74, 6) is -0.678. The van der Waals surface area contributed by atoms with Crippen molar-refractivity contribution in [3.63, 3.8) is 0 Å². The molecule has 5 nitrogen and oxygen atoms in total. The molecule has 15 heavy (non-hydrogen) atoms. The highest BCUT2D eigenvalue weighted by atomic mass is 16.5. The summed E-state index contributed by atoms with van der Waals surface area (Å²) in [6, 6.07) is 1.36. The first-order valence-electron chi connectivity index (χ1n) is 4.61. The highest BCUT2D eigenvalue weighted by Crippen LogP contribution is 2.05. The fraction of sp³-hybridized carbons (Fsp3) is 0.400. The maximum absolute atomic E-state index is 10.5. The van der Waals surface area contributed by atoms with Gasteiger partial charge in [0, 0.05) is 12.7 Å². The van der Waals surface area contributed by atoms with Crippen molar-refractivity contribution in [1.82, 2.24) is 5.16 Å². The lowest BCUT2D eigenvalue weighted by Crippen LogP contribution is -1.95. The zero-order valence-corrected chi connectivity index (χ0v) is 8.31. The Morgan fingerprint density at radius 2 is 2.53 bits per heavy atom. The molecule has 0 aliphatic carbocycles. The number of ether oxygens (including phenoxy) is 1. The van der Waals surface area contributed by atoms with Gasteiger partial charge in [0.05, 0.1) is 0 Å². The summed E-state index contributed by atoms with van der Waals surface area (Å²) in [5, 5.41) is 11.9. The van der Waals surface area contributed by atoms with Gasteiger partial charge in [-0.1, -0.05) is 11.2 Å². The van der Waals surface area contributed by atoms with E-state index in [1.165, 1.54) is 6.07 Å². The zero-order chi connectivity index (χ0) is 11.1. The van der Waals surface area contributed by atoms with Gasteiger partial charge >= 0.3 is 5.97 Å². The summed E-state index contributed by atoms with van der Waals surface area (Å²) >= 11 is 0. The van der Waals surface area contributed by atoms with Crippen LogP contribution in [0.3, 0.4) is 0 Å². The normalized spacial score (nSPS) is 10.1. The van der Waals surface area contributed by atoms with Gasteiger partial charge in [-0.25, -0.2) is 4.79 Å². The minimum atomic E-state index is -1.10. The van der Waals surface area contributed by atoms with Crippen LogP contribution in [0.2, 0.25) is 0 Å². The van der Waals surface area contributed by atoms with Crippen molar-refractivity contribution in [2.75, 3.05) is 6.61 Å². The first kappa shape index (κ1) is 11.5. The van der Waals surface area contributed by atoms with Gasteiger partial charge in [-0.15, -0.1) is 6.58 Å². The van der Waals surface area contributed by atoms with E-state index in [0.29, 0.717) is 12.4 Å². The van der Waals surface area contributed by atoms with Crippen molar-refractivity contribution >= 4 is 5.97 Å². The lowest BCUT2D eigenvalue weighted by Gasteiger charge is -1.98. The van der Waals surface area contributed by atoms with Crippen LogP contribution in [0.4, 0.5) is 0 Å². The summed E-state index contributed by atoms with van der Waals surface area (Å²) in [4.78, 5) is 10.5. The highest BCUT2D eigenvalue weighted by molar-refractivity contribution is 5.85. The Balaban J connectivity index is 2.25. The fourth-order valence-electron chi connectivity index (χ4n) is 0.984. The van der Waals surface area contributed by atoms with Crippen LogP contribution in [0, 0.1) is 0 Å². The Kier molecular flexibility index (Phi) is 4.56. The van der Waals surface area contributed by atoms with Gasteiger partial charge in [0.1, 0.15) is 6.61 Å².